The number of rotatable bonds is 3. The molecule has 87 valence electrons. The largest absolute Gasteiger partial charge is 0.344 e. The predicted octanol–water partition coefficient (Wildman–Crippen LogP) is 4.68. The van der Waals surface area contributed by atoms with Crippen LogP contribution in [-0.4, -0.2) is 0 Å². The van der Waals surface area contributed by atoms with E-state index in [1.54, 1.807) is 0 Å². The van der Waals surface area contributed by atoms with Crippen LogP contribution in [0.1, 0.15) is 48.0 Å². The van der Waals surface area contributed by atoms with Crippen molar-refractivity contribution in [2.24, 2.45) is 16.7 Å². The van der Waals surface area contributed by atoms with E-state index in [1.165, 1.54) is 0 Å². The van der Waals surface area contributed by atoms with E-state index in [-0.39, 0.29) is 38.1 Å². The van der Waals surface area contributed by atoms with Crippen molar-refractivity contribution in [3.8, 4) is 0 Å². The minimum Gasteiger partial charge on any atom is -0.344 e. The average Bonchev–Trinajstić information content (AvgIpc) is 1.93. The predicted molar refractivity (Wildman–Crippen MR) is 65.8 cm³/mol. The summed E-state index contributed by atoms with van der Waals surface area (Å²) in [5.41, 5.74) is 0.601. The smallest absolute Gasteiger partial charge is 0 e. The monoisotopic (exact) mass is 283 g/mol. The first-order chi connectivity index (χ1) is 6.17. The molecule has 0 amide bonds. The molecule has 0 fully saturated rings. The van der Waals surface area contributed by atoms with Crippen molar-refractivity contribution in [3.63, 3.8) is 0 Å². The molecule has 0 saturated heterocycles. The minimum atomic E-state index is 0. The van der Waals surface area contributed by atoms with E-state index in [9.17, 15) is 0 Å². The average molecular weight is 283 g/mol. The first kappa shape index (κ1) is 18.1. The maximum absolute atomic E-state index is 4.00. The minimum absolute atomic E-state index is 0. The second-order valence-corrected chi connectivity index (χ2v) is 6.18. The van der Waals surface area contributed by atoms with Crippen LogP contribution < -0.4 is 0 Å². The van der Waals surface area contributed by atoms with Crippen LogP contribution in [0, 0.1) is 30.1 Å². The number of hydrogen-bond acceptors (Lipinski definition) is 0. The molecule has 0 aromatic heterocycles. The molecule has 0 aliphatic heterocycles. The molecule has 0 bridgehead atoms. The van der Waals surface area contributed by atoms with Crippen molar-refractivity contribution >= 4 is 0 Å². The first-order valence-electron chi connectivity index (χ1n) is 5.49. The standard InChI is InChI=1S/C14H26.Y/c1-8-12(14(5,6)7)10-9-11-13(2,3)4;/h9-12H,1,8H2,2-7H3;/q-2;/b10-9-;. The molecule has 1 atom stereocenters. The maximum Gasteiger partial charge on any atom is 0 e. The Labute approximate surface area is 122 Å². The molecule has 1 radical (unpaired) electrons. The fourth-order valence-electron chi connectivity index (χ4n) is 1.30. The van der Waals surface area contributed by atoms with Gasteiger partial charge in [-0.2, -0.15) is 6.42 Å². The molecule has 0 aliphatic rings. The Morgan fingerprint density at radius 2 is 1.60 bits per heavy atom. The Bertz CT molecular complexity index is 178. The number of hydrogen-bond donors (Lipinski definition) is 0. The van der Waals surface area contributed by atoms with Crippen molar-refractivity contribution in [2.75, 3.05) is 0 Å². The van der Waals surface area contributed by atoms with E-state index in [0.717, 1.165) is 6.42 Å². The molecule has 0 saturated carbocycles. The third kappa shape index (κ3) is 9.63. The second-order valence-electron chi connectivity index (χ2n) is 6.18. The summed E-state index contributed by atoms with van der Waals surface area (Å²) in [5.74, 6) is 0.570. The van der Waals surface area contributed by atoms with Crippen LogP contribution in [0.4, 0.5) is 0 Å². The van der Waals surface area contributed by atoms with Gasteiger partial charge in [-0.1, -0.05) is 47.0 Å². The molecule has 0 aliphatic carbocycles. The maximum atomic E-state index is 4.00. The normalized spacial score (nSPS) is 14.9. The molecule has 0 spiro atoms. The van der Waals surface area contributed by atoms with Gasteiger partial charge < -0.3 is 6.92 Å². The summed E-state index contributed by atoms with van der Waals surface area (Å²) < 4.78 is 0. The Hall–Kier alpha value is 0.714. The van der Waals surface area contributed by atoms with E-state index < -0.39 is 0 Å². The molecule has 15 heavy (non-hydrogen) atoms. The first-order valence-corrected chi connectivity index (χ1v) is 5.49. The van der Waals surface area contributed by atoms with Gasteiger partial charge in [-0.25, -0.2) is 18.6 Å². The summed E-state index contributed by atoms with van der Waals surface area (Å²) in [7, 11) is 0. The summed E-state index contributed by atoms with van der Waals surface area (Å²) >= 11 is 0. The van der Waals surface area contributed by atoms with Gasteiger partial charge in [-0.3, -0.25) is 0 Å². The number of allylic oxidation sites excluding steroid dienone is 2. The zero-order valence-corrected chi connectivity index (χ0v) is 14.1. The fourth-order valence-corrected chi connectivity index (χ4v) is 1.30. The molecule has 1 unspecified atom stereocenters. The fraction of sp³-hybridized carbons (Fsp3) is 0.714. The topological polar surface area (TPSA) is 0 Å². The van der Waals surface area contributed by atoms with Crippen molar-refractivity contribution in [3.05, 3.63) is 25.5 Å². The molecule has 0 heterocycles. The molecule has 0 rings (SSSR count). The van der Waals surface area contributed by atoms with Gasteiger partial charge in [0.2, 0.25) is 0 Å². The van der Waals surface area contributed by atoms with Gasteiger partial charge in [0.15, 0.2) is 0 Å². The van der Waals surface area contributed by atoms with Crippen LogP contribution in [0.25, 0.3) is 0 Å². The molecule has 0 aromatic carbocycles. The molecule has 0 nitrogen and oxygen atoms in total. The summed E-state index contributed by atoms with van der Waals surface area (Å²) in [6, 6.07) is 0. The molecule has 0 N–H and O–H groups in total. The van der Waals surface area contributed by atoms with Crippen LogP contribution in [0.15, 0.2) is 12.2 Å². The van der Waals surface area contributed by atoms with Crippen LogP contribution in [0.5, 0.6) is 0 Å². The Balaban J connectivity index is 0. The van der Waals surface area contributed by atoms with Crippen LogP contribution in [0.2, 0.25) is 0 Å². The van der Waals surface area contributed by atoms with Crippen LogP contribution >= 0.6 is 0 Å². The zero-order valence-electron chi connectivity index (χ0n) is 11.3. The van der Waals surface area contributed by atoms with Gasteiger partial charge in [-0.05, 0) is 5.41 Å². The molecule has 0 aromatic rings. The quantitative estimate of drug-likeness (QED) is 0.660. The van der Waals surface area contributed by atoms with Gasteiger partial charge in [0.1, 0.15) is 0 Å². The van der Waals surface area contributed by atoms with Gasteiger partial charge in [0.05, 0.1) is 0 Å². The van der Waals surface area contributed by atoms with Crippen LogP contribution in [0.3, 0.4) is 0 Å². The molecular weight excluding hydrogens is 257 g/mol. The SMILES string of the molecule is [CH2-]CC(/C=C\[CH-]C(C)(C)C)C(C)(C)C.[Y]. The third-order valence-electron chi connectivity index (χ3n) is 2.36. The Kier molecular flexibility index (Phi) is 8.59. The van der Waals surface area contributed by atoms with Crippen molar-refractivity contribution in [1.82, 2.24) is 0 Å². The van der Waals surface area contributed by atoms with Crippen molar-refractivity contribution < 1.29 is 32.7 Å². The van der Waals surface area contributed by atoms with E-state index in [2.05, 4.69) is 67.0 Å². The van der Waals surface area contributed by atoms with Gasteiger partial charge in [0, 0.05) is 32.7 Å². The Morgan fingerprint density at radius 3 is 1.87 bits per heavy atom. The van der Waals surface area contributed by atoms with Gasteiger partial charge >= 0.3 is 0 Å². The van der Waals surface area contributed by atoms with E-state index >= 15 is 0 Å². The second kappa shape index (κ2) is 7.12. The van der Waals surface area contributed by atoms with Gasteiger partial charge in [-0.15, -0.1) is 5.92 Å². The van der Waals surface area contributed by atoms with E-state index in [0.29, 0.717) is 11.3 Å². The summed E-state index contributed by atoms with van der Waals surface area (Å²) in [6.45, 7) is 17.5. The Morgan fingerprint density at radius 1 is 1.13 bits per heavy atom. The molecular formula is C14H26Y-2. The van der Waals surface area contributed by atoms with Crippen molar-refractivity contribution in [1.29, 1.82) is 0 Å². The summed E-state index contributed by atoms with van der Waals surface area (Å²) in [6.07, 6.45) is 7.71. The van der Waals surface area contributed by atoms with Gasteiger partial charge in [0.25, 0.3) is 0 Å². The van der Waals surface area contributed by atoms with Crippen molar-refractivity contribution in [2.45, 2.75) is 48.0 Å². The van der Waals surface area contributed by atoms with E-state index in [4.69, 9.17) is 0 Å². The zero-order chi connectivity index (χ0) is 11.4. The third-order valence-corrected chi connectivity index (χ3v) is 2.36. The molecule has 1 heteroatoms. The summed E-state index contributed by atoms with van der Waals surface area (Å²) in [5, 5.41) is 0. The van der Waals surface area contributed by atoms with Crippen LogP contribution in [-0.2, 0) is 32.7 Å². The van der Waals surface area contributed by atoms with E-state index in [1.807, 2.05) is 0 Å². The summed E-state index contributed by atoms with van der Waals surface area (Å²) in [4.78, 5) is 0.